The smallest absolute Gasteiger partial charge is 0.478 e. The Morgan fingerprint density at radius 1 is 1.31 bits per heavy atom. The van der Waals surface area contributed by atoms with Crippen molar-refractivity contribution < 1.29 is 38.4 Å². The fraction of sp³-hybridized carbons (Fsp3) is 0.389. The highest BCUT2D eigenvalue weighted by molar-refractivity contribution is 5.97. The van der Waals surface area contributed by atoms with Crippen LogP contribution in [0.4, 0.5) is 10.6 Å². The summed E-state index contributed by atoms with van der Waals surface area (Å²) in [4.78, 5) is 48.6. The van der Waals surface area contributed by atoms with E-state index in [-0.39, 0.29) is 34.0 Å². The number of carboxylic acids is 1. The van der Waals surface area contributed by atoms with Crippen molar-refractivity contribution in [1.82, 2.24) is 0 Å². The van der Waals surface area contributed by atoms with Gasteiger partial charge in [-0.2, -0.15) is 4.90 Å². The number of amides is 1. The van der Waals surface area contributed by atoms with Gasteiger partial charge in [-0.25, -0.2) is 14.4 Å². The van der Waals surface area contributed by atoms with Crippen LogP contribution in [0, 0.1) is 11.1 Å². The zero-order valence-electron chi connectivity index (χ0n) is 16.2. The molecule has 11 nitrogen and oxygen atoms in total. The second-order valence-electron chi connectivity index (χ2n) is 6.56. The normalized spacial score (nSPS) is 11.9. The molecule has 0 aliphatic carbocycles. The van der Waals surface area contributed by atoms with Crippen molar-refractivity contribution in [3.05, 3.63) is 33.6 Å². The molecule has 2 rings (SSSR count). The summed E-state index contributed by atoms with van der Waals surface area (Å²) in [5.41, 5.74) is -1.32. The summed E-state index contributed by atoms with van der Waals surface area (Å²) < 4.78 is 14.3. The van der Waals surface area contributed by atoms with E-state index in [1.807, 2.05) is 0 Å². The van der Waals surface area contributed by atoms with E-state index in [2.05, 4.69) is 4.74 Å². The second-order valence-corrected chi connectivity index (χ2v) is 6.56. The first-order chi connectivity index (χ1) is 13.6. The van der Waals surface area contributed by atoms with E-state index in [4.69, 9.17) is 9.26 Å². The van der Waals surface area contributed by atoms with Crippen molar-refractivity contribution in [3.63, 3.8) is 0 Å². The number of fused-ring (bicyclic) bond motifs is 1. The van der Waals surface area contributed by atoms with Crippen LogP contribution in [0.1, 0.15) is 27.2 Å². The lowest BCUT2D eigenvalue weighted by molar-refractivity contribution is -0.782. The Labute approximate surface area is 164 Å². The number of hydrogen-bond acceptors (Lipinski definition) is 8. The Hall–Kier alpha value is -3.63. The van der Waals surface area contributed by atoms with Crippen LogP contribution < -0.4 is 20.0 Å². The maximum atomic E-state index is 13.0. The maximum Gasteiger partial charge on any atom is 0.513 e. The van der Waals surface area contributed by atoms with Crippen LogP contribution in [0.5, 0.6) is 5.75 Å². The fourth-order valence-electron chi connectivity index (χ4n) is 2.81. The van der Waals surface area contributed by atoms with E-state index in [1.54, 1.807) is 13.8 Å². The van der Waals surface area contributed by atoms with Crippen molar-refractivity contribution >= 4 is 34.8 Å². The van der Waals surface area contributed by atoms with Crippen LogP contribution in [-0.4, -0.2) is 36.3 Å². The minimum Gasteiger partial charge on any atom is -0.478 e. The molecule has 0 aliphatic heterocycles. The van der Waals surface area contributed by atoms with Gasteiger partial charge in [0.25, 0.3) is 5.43 Å². The third-order valence-corrected chi connectivity index (χ3v) is 3.99. The highest BCUT2D eigenvalue weighted by Gasteiger charge is 2.41. The Morgan fingerprint density at radius 2 is 1.97 bits per heavy atom. The molecule has 1 amide bonds. The van der Waals surface area contributed by atoms with Crippen molar-refractivity contribution in [3.8, 4) is 5.75 Å². The molecule has 0 radical (unpaired) electrons. The Balaban J connectivity index is 2.74. The number of para-hydroxylation sites is 1. The Bertz CT molecular complexity index is 1010. The highest BCUT2D eigenvalue weighted by Crippen LogP contribution is 2.25. The van der Waals surface area contributed by atoms with Crippen LogP contribution in [-0.2, 0) is 14.3 Å². The van der Waals surface area contributed by atoms with Gasteiger partial charge in [0.2, 0.25) is 6.04 Å². The van der Waals surface area contributed by atoms with E-state index in [0.29, 0.717) is 4.90 Å². The minimum absolute atomic E-state index is 0.00210. The summed E-state index contributed by atoms with van der Waals surface area (Å²) in [7, 11) is 1.07. The van der Waals surface area contributed by atoms with Crippen LogP contribution in [0.15, 0.2) is 27.5 Å². The topological polar surface area (TPSA) is 150 Å². The molecular formula is C18H20N2O9. The number of benzene rings is 1. The first kappa shape index (κ1) is 21.7. The third-order valence-electron chi connectivity index (χ3n) is 3.99. The Morgan fingerprint density at radius 3 is 2.48 bits per heavy atom. The molecule has 2 aromatic rings. The van der Waals surface area contributed by atoms with Gasteiger partial charge in [0.15, 0.2) is 5.75 Å². The summed E-state index contributed by atoms with van der Waals surface area (Å²) in [5, 5.41) is 21.9. The number of aromatic nitrogens is 1. The molecule has 0 aliphatic rings. The molecule has 0 saturated carbocycles. The number of carbonyl (C=O) groups excluding carboxylic acids is 2. The monoisotopic (exact) mass is 408 g/mol. The van der Waals surface area contributed by atoms with Crippen molar-refractivity contribution in [1.29, 1.82) is 0 Å². The van der Waals surface area contributed by atoms with Gasteiger partial charge >= 0.3 is 23.8 Å². The fourth-order valence-corrected chi connectivity index (χ4v) is 2.81. The molecule has 0 spiro atoms. The molecule has 0 bridgehead atoms. The molecule has 0 saturated heterocycles. The van der Waals surface area contributed by atoms with Gasteiger partial charge in [-0.05, 0) is 23.0 Å². The van der Waals surface area contributed by atoms with E-state index >= 15 is 0 Å². The molecule has 1 aromatic carbocycles. The zero-order valence-corrected chi connectivity index (χ0v) is 16.2. The number of carbonyl (C=O) groups is 3. The van der Waals surface area contributed by atoms with Gasteiger partial charge in [0, 0.05) is 13.3 Å². The molecule has 29 heavy (non-hydrogen) atoms. The number of ether oxygens (including phenoxy) is 2. The molecule has 1 heterocycles. The summed E-state index contributed by atoms with van der Waals surface area (Å²) in [5.74, 6) is -3.40. The molecule has 0 unspecified atom stereocenters. The first-order valence-corrected chi connectivity index (χ1v) is 8.56. The van der Waals surface area contributed by atoms with Crippen LogP contribution in [0.2, 0.25) is 0 Å². The molecule has 11 heteroatoms. The summed E-state index contributed by atoms with van der Waals surface area (Å²) in [6.07, 6.45) is -1.10. The number of carboxylic acid groups (broad SMARTS) is 1. The average Bonchev–Trinajstić information content (AvgIpc) is 2.63. The predicted octanol–water partition coefficient (Wildman–Crippen LogP) is 1.42. The lowest BCUT2D eigenvalue weighted by Gasteiger charge is -2.23. The molecule has 1 atom stereocenters. The summed E-state index contributed by atoms with van der Waals surface area (Å²) >= 11 is 0. The van der Waals surface area contributed by atoms with Crippen LogP contribution >= 0.6 is 0 Å². The average molecular weight is 408 g/mol. The number of rotatable bonds is 6. The maximum absolute atomic E-state index is 13.0. The molecule has 156 valence electrons. The zero-order chi connectivity index (χ0) is 21.9. The third kappa shape index (κ3) is 4.45. The van der Waals surface area contributed by atoms with Crippen molar-refractivity contribution in [2.24, 2.45) is 5.92 Å². The van der Waals surface area contributed by atoms with Gasteiger partial charge < -0.3 is 24.3 Å². The van der Waals surface area contributed by atoms with E-state index < -0.39 is 35.3 Å². The van der Waals surface area contributed by atoms with E-state index in [1.165, 1.54) is 18.2 Å². The molecule has 1 aromatic heterocycles. The van der Waals surface area contributed by atoms with Gasteiger partial charge in [0.1, 0.15) is 5.58 Å². The van der Waals surface area contributed by atoms with Gasteiger partial charge in [-0.15, -0.1) is 0 Å². The van der Waals surface area contributed by atoms with Gasteiger partial charge in [0.05, 0.1) is 12.5 Å². The van der Waals surface area contributed by atoms with Gasteiger partial charge in [-0.1, -0.05) is 19.9 Å². The van der Waals surface area contributed by atoms with Crippen LogP contribution in [0.3, 0.4) is 0 Å². The largest absolute Gasteiger partial charge is 0.513 e. The number of hydrogen-bond donors (Lipinski definition) is 1. The first-order valence-electron chi connectivity index (χ1n) is 8.56. The molecule has 1 N–H and O–H groups in total. The SMILES string of the molecule is COC(=O)Oc1cccc2c(=O)c(N(C(C)=O)[C@@H](CC(C)C)C(=O)O)[n+]([O-])oc12. The second kappa shape index (κ2) is 8.59. The van der Waals surface area contributed by atoms with Gasteiger partial charge in [-0.3, -0.25) is 4.79 Å². The standard InChI is InChI=1S/C18H20N2O9/c1-9(2)8-12(17(23)24)19(10(3)21)16-14(22)11-6-5-7-13(28-18(25)27-4)15(11)29-20(16)26/h5-7,9,12H,8H2,1-4H3,(H,23,24)/t12-/m0/s1. The number of nitrogens with zero attached hydrogens (tertiary/aromatic N) is 2. The highest BCUT2D eigenvalue weighted by atomic mass is 16.7. The Kier molecular flexibility index (Phi) is 6.42. The number of methoxy groups -OCH3 is 1. The lowest BCUT2D eigenvalue weighted by atomic mass is 10.0. The molecule has 0 fully saturated rings. The van der Waals surface area contributed by atoms with Crippen molar-refractivity contribution in [2.45, 2.75) is 33.2 Å². The minimum atomic E-state index is -1.46. The van der Waals surface area contributed by atoms with E-state index in [9.17, 15) is 29.5 Å². The quantitative estimate of drug-likeness (QED) is 0.425. The summed E-state index contributed by atoms with van der Waals surface area (Å²) in [6, 6.07) is 2.45. The van der Waals surface area contributed by atoms with E-state index in [0.717, 1.165) is 14.0 Å². The predicted molar refractivity (Wildman–Crippen MR) is 98.5 cm³/mol. The number of aliphatic carboxylic acids is 1. The lowest BCUT2D eigenvalue weighted by Crippen LogP contribution is -2.53. The summed E-state index contributed by atoms with van der Waals surface area (Å²) in [6.45, 7) is 4.51. The molecular weight excluding hydrogens is 388 g/mol. The number of anilines is 1. The van der Waals surface area contributed by atoms with Crippen molar-refractivity contribution in [2.75, 3.05) is 12.0 Å². The van der Waals surface area contributed by atoms with Crippen LogP contribution in [0.25, 0.3) is 11.0 Å².